The van der Waals surface area contributed by atoms with Gasteiger partial charge in [0.25, 0.3) is 5.91 Å². The van der Waals surface area contributed by atoms with E-state index in [0.717, 1.165) is 57.5 Å². The Kier molecular flexibility index (Phi) is 8.87. The second kappa shape index (κ2) is 11.8. The van der Waals surface area contributed by atoms with Crippen molar-refractivity contribution < 1.29 is 9.59 Å². The van der Waals surface area contributed by atoms with Gasteiger partial charge in [0.05, 0.1) is 6.20 Å². The molecular weight excluding hydrogens is 394 g/mol. The van der Waals surface area contributed by atoms with E-state index >= 15 is 0 Å². The molecule has 9 nitrogen and oxygen atoms in total. The normalized spacial score (nSPS) is 20.7. The van der Waals surface area contributed by atoms with Gasteiger partial charge in [-0.3, -0.25) is 14.5 Å². The Morgan fingerprint density at radius 3 is 2.68 bits per heavy atom. The summed E-state index contributed by atoms with van der Waals surface area (Å²) in [4.78, 5) is 36.2. The number of nitrogens with zero attached hydrogens (tertiary/aromatic N) is 4. The molecule has 1 unspecified atom stereocenters. The minimum atomic E-state index is -0.550. The van der Waals surface area contributed by atoms with Crippen LogP contribution in [-0.2, 0) is 4.79 Å². The molecule has 0 spiro atoms. The van der Waals surface area contributed by atoms with Crippen molar-refractivity contribution in [2.24, 2.45) is 5.73 Å². The fraction of sp³-hybridized carbons (Fsp3) is 0.727. The summed E-state index contributed by atoms with van der Waals surface area (Å²) in [7, 11) is 2.09. The summed E-state index contributed by atoms with van der Waals surface area (Å²) in [5.74, 6) is 0.745. The largest absolute Gasteiger partial charge is 0.365 e. The van der Waals surface area contributed by atoms with Gasteiger partial charge in [0.2, 0.25) is 6.41 Å². The first-order valence-electron chi connectivity index (χ1n) is 11.6. The van der Waals surface area contributed by atoms with Crippen molar-refractivity contribution >= 4 is 24.0 Å². The van der Waals surface area contributed by atoms with Gasteiger partial charge in [0.1, 0.15) is 5.82 Å². The van der Waals surface area contributed by atoms with Crippen LogP contribution in [0.25, 0.3) is 0 Å². The number of anilines is 2. The molecule has 1 aliphatic carbocycles. The smallest absolute Gasteiger partial charge is 0.271 e. The lowest BCUT2D eigenvalue weighted by molar-refractivity contribution is -0.109. The number of hydrogen-bond donors (Lipinski definition) is 3. The van der Waals surface area contributed by atoms with Gasteiger partial charge in [-0.25, -0.2) is 9.97 Å². The zero-order chi connectivity index (χ0) is 22.1. The van der Waals surface area contributed by atoms with E-state index in [9.17, 15) is 9.59 Å². The summed E-state index contributed by atoms with van der Waals surface area (Å²) < 4.78 is 0. The molecule has 2 aliphatic rings. The van der Waals surface area contributed by atoms with Gasteiger partial charge < -0.3 is 21.3 Å². The van der Waals surface area contributed by atoms with Gasteiger partial charge in [0.15, 0.2) is 11.5 Å². The summed E-state index contributed by atoms with van der Waals surface area (Å²) in [5.41, 5.74) is 5.81. The molecule has 1 aromatic heterocycles. The van der Waals surface area contributed by atoms with E-state index in [1.54, 1.807) is 6.20 Å². The summed E-state index contributed by atoms with van der Waals surface area (Å²) in [6.45, 7) is 3.19. The predicted molar refractivity (Wildman–Crippen MR) is 122 cm³/mol. The molecule has 31 heavy (non-hydrogen) atoms. The molecule has 1 aromatic rings. The summed E-state index contributed by atoms with van der Waals surface area (Å²) in [5, 5.41) is 6.22. The molecular formula is C22H37N7O2. The fourth-order valence-corrected chi connectivity index (χ4v) is 4.61. The van der Waals surface area contributed by atoms with Crippen LogP contribution in [0.4, 0.5) is 11.6 Å². The first kappa shape index (κ1) is 23.2. The first-order valence-corrected chi connectivity index (χ1v) is 11.6. The highest BCUT2D eigenvalue weighted by Gasteiger charge is 2.26. The van der Waals surface area contributed by atoms with Crippen molar-refractivity contribution in [3.05, 3.63) is 11.9 Å². The van der Waals surface area contributed by atoms with Gasteiger partial charge in [-0.15, -0.1) is 0 Å². The summed E-state index contributed by atoms with van der Waals surface area (Å²) in [6.07, 6.45) is 12.9. The lowest BCUT2D eigenvalue weighted by Crippen LogP contribution is -2.48. The van der Waals surface area contributed by atoms with Crippen molar-refractivity contribution in [3.63, 3.8) is 0 Å². The average molecular weight is 432 g/mol. The van der Waals surface area contributed by atoms with E-state index in [1.165, 1.54) is 32.1 Å². The highest BCUT2D eigenvalue weighted by Crippen LogP contribution is 2.25. The third-order valence-corrected chi connectivity index (χ3v) is 6.48. The topological polar surface area (TPSA) is 116 Å². The van der Waals surface area contributed by atoms with Crippen LogP contribution in [0.1, 0.15) is 68.3 Å². The number of primary amides is 1. The molecule has 2 amide bonds. The standard InChI is InChI=1S/C22H37N7O2/c1-28(13-11-24-16-30)18-10-7-12-29(15-18)19-14-25-20(21(23)31)22(27-19)26-17-8-5-3-2-4-6-9-17/h14,16-18H,2-13,15H2,1H3,(H2,23,31)(H,24,30)(H,26,27). The van der Waals surface area contributed by atoms with Crippen molar-refractivity contribution in [1.29, 1.82) is 0 Å². The van der Waals surface area contributed by atoms with Crippen LogP contribution in [0.2, 0.25) is 0 Å². The predicted octanol–water partition coefficient (Wildman–Crippen LogP) is 1.75. The van der Waals surface area contributed by atoms with E-state index in [0.29, 0.717) is 24.4 Å². The van der Waals surface area contributed by atoms with Gasteiger partial charge in [-0.2, -0.15) is 0 Å². The van der Waals surface area contributed by atoms with Crippen LogP contribution in [0.15, 0.2) is 6.20 Å². The van der Waals surface area contributed by atoms with Crippen molar-refractivity contribution in [2.45, 2.75) is 69.9 Å². The van der Waals surface area contributed by atoms with Crippen LogP contribution in [0.3, 0.4) is 0 Å². The van der Waals surface area contributed by atoms with Crippen LogP contribution < -0.4 is 21.3 Å². The highest BCUT2D eigenvalue weighted by atomic mass is 16.1. The number of nitrogens with one attached hydrogen (secondary N) is 2. The minimum Gasteiger partial charge on any atom is -0.365 e. The van der Waals surface area contributed by atoms with Crippen LogP contribution in [0, 0.1) is 0 Å². The Labute approximate surface area is 185 Å². The molecule has 0 radical (unpaired) electrons. The van der Waals surface area contributed by atoms with Crippen LogP contribution in [0.5, 0.6) is 0 Å². The fourth-order valence-electron chi connectivity index (χ4n) is 4.61. The molecule has 9 heteroatoms. The molecule has 1 atom stereocenters. The Morgan fingerprint density at radius 2 is 1.97 bits per heavy atom. The Balaban J connectivity index is 1.71. The third kappa shape index (κ3) is 6.78. The zero-order valence-corrected chi connectivity index (χ0v) is 18.7. The first-order chi connectivity index (χ1) is 15.1. The van der Waals surface area contributed by atoms with E-state index in [-0.39, 0.29) is 5.69 Å². The monoisotopic (exact) mass is 431 g/mol. The van der Waals surface area contributed by atoms with E-state index in [1.807, 2.05) is 0 Å². The molecule has 3 rings (SSSR count). The van der Waals surface area contributed by atoms with Crippen LogP contribution in [-0.4, -0.2) is 72.5 Å². The molecule has 1 saturated heterocycles. The molecule has 0 bridgehead atoms. The van der Waals surface area contributed by atoms with Gasteiger partial charge >= 0.3 is 0 Å². The molecule has 2 fully saturated rings. The number of likely N-dealkylation sites (N-methyl/N-ethyl adjacent to an activating group) is 1. The molecule has 0 aromatic carbocycles. The quantitative estimate of drug-likeness (QED) is 0.403. The number of rotatable bonds is 9. The SMILES string of the molecule is CN(CCNC=O)C1CCCN(c2cnc(C(N)=O)c(NC3CCCCCCC3)n2)C1. The Hall–Kier alpha value is -2.42. The number of amides is 2. The number of aromatic nitrogens is 2. The van der Waals surface area contributed by atoms with E-state index in [4.69, 9.17) is 10.7 Å². The average Bonchev–Trinajstić information content (AvgIpc) is 2.75. The molecule has 4 N–H and O–H groups in total. The molecule has 172 valence electrons. The summed E-state index contributed by atoms with van der Waals surface area (Å²) in [6, 6.07) is 0.676. The number of nitrogens with two attached hydrogens (primary N) is 1. The molecule has 1 aliphatic heterocycles. The maximum absolute atomic E-state index is 12.0. The van der Waals surface area contributed by atoms with E-state index < -0.39 is 5.91 Å². The van der Waals surface area contributed by atoms with Crippen LogP contribution >= 0.6 is 0 Å². The van der Waals surface area contributed by atoms with Crippen molar-refractivity contribution in [1.82, 2.24) is 20.2 Å². The Bertz CT molecular complexity index is 722. The van der Waals surface area contributed by atoms with Gasteiger partial charge in [-0.05, 0) is 32.7 Å². The zero-order valence-electron chi connectivity index (χ0n) is 18.7. The number of carbonyl (C=O) groups is 2. The third-order valence-electron chi connectivity index (χ3n) is 6.48. The Morgan fingerprint density at radius 1 is 1.23 bits per heavy atom. The molecule has 1 saturated carbocycles. The van der Waals surface area contributed by atoms with Gasteiger partial charge in [-0.1, -0.05) is 32.1 Å². The second-order valence-electron chi connectivity index (χ2n) is 8.77. The second-order valence-corrected chi connectivity index (χ2v) is 8.77. The lowest BCUT2D eigenvalue weighted by Gasteiger charge is -2.38. The number of piperidine rings is 1. The van der Waals surface area contributed by atoms with Crippen molar-refractivity contribution in [2.75, 3.05) is 43.4 Å². The molecule has 2 heterocycles. The number of carbonyl (C=O) groups excluding carboxylic acids is 2. The summed E-state index contributed by atoms with van der Waals surface area (Å²) >= 11 is 0. The van der Waals surface area contributed by atoms with E-state index in [2.05, 4.69) is 32.5 Å². The van der Waals surface area contributed by atoms with Crippen molar-refractivity contribution in [3.8, 4) is 0 Å². The highest BCUT2D eigenvalue weighted by molar-refractivity contribution is 5.95. The maximum atomic E-state index is 12.0. The number of hydrogen-bond acceptors (Lipinski definition) is 7. The minimum absolute atomic E-state index is 0.219. The lowest BCUT2D eigenvalue weighted by atomic mass is 9.97. The van der Waals surface area contributed by atoms with Gasteiger partial charge in [0, 0.05) is 38.3 Å². The maximum Gasteiger partial charge on any atom is 0.271 e.